The lowest BCUT2D eigenvalue weighted by atomic mass is 10.1. The Bertz CT molecular complexity index is 800. The zero-order chi connectivity index (χ0) is 17.1. The van der Waals surface area contributed by atoms with Crippen molar-refractivity contribution in [1.29, 1.82) is 0 Å². The Balaban J connectivity index is 2.30. The number of rotatable bonds is 4. The highest BCUT2D eigenvalue weighted by atomic mass is 16.4. The van der Waals surface area contributed by atoms with Crippen LogP contribution < -0.4 is 5.32 Å². The minimum Gasteiger partial charge on any atom is -0.508 e. The van der Waals surface area contributed by atoms with Gasteiger partial charge in [-0.15, -0.1) is 0 Å². The molecule has 0 unspecified atom stereocenters. The van der Waals surface area contributed by atoms with E-state index in [2.05, 4.69) is 10.3 Å². The molecule has 1 heterocycles. The number of aromatic hydroxyl groups is 2. The maximum atomic E-state index is 12.1. The van der Waals surface area contributed by atoms with Gasteiger partial charge < -0.3 is 25.7 Å². The number of phenolic OH excluding ortho intramolecular Hbond substituents is 1. The molecule has 118 valence electrons. The summed E-state index contributed by atoms with van der Waals surface area (Å²) in [7, 11) is 0. The minimum atomic E-state index is -1.51. The lowest BCUT2D eigenvalue weighted by Crippen LogP contribution is -2.14. The van der Waals surface area contributed by atoms with Gasteiger partial charge in [0.05, 0.1) is 17.4 Å². The van der Waals surface area contributed by atoms with Crippen molar-refractivity contribution in [2.24, 2.45) is 0 Å². The van der Waals surface area contributed by atoms with Crippen LogP contribution in [0.25, 0.3) is 0 Å². The molecule has 0 aliphatic rings. The van der Waals surface area contributed by atoms with Crippen molar-refractivity contribution in [3.63, 3.8) is 0 Å². The largest absolute Gasteiger partial charge is 0.508 e. The lowest BCUT2D eigenvalue weighted by Gasteiger charge is -2.09. The molecule has 0 spiro atoms. The molecular formula is C14H10N2O7. The van der Waals surface area contributed by atoms with Crippen LogP contribution in [0.2, 0.25) is 0 Å². The Labute approximate surface area is 128 Å². The molecule has 0 radical (unpaired) electrons. The number of aromatic carboxylic acids is 2. The van der Waals surface area contributed by atoms with Crippen LogP contribution in [0.5, 0.6) is 11.5 Å². The number of nitrogens with zero attached hydrogens (tertiary/aromatic N) is 1. The number of hydrogen-bond acceptors (Lipinski definition) is 6. The lowest BCUT2D eigenvalue weighted by molar-refractivity contribution is 0.0680. The molecule has 1 aromatic carbocycles. The van der Waals surface area contributed by atoms with Gasteiger partial charge in [0.15, 0.2) is 0 Å². The van der Waals surface area contributed by atoms with E-state index in [0.717, 1.165) is 24.4 Å². The molecule has 0 saturated carbocycles. The Morgan fingerprint density at radius 3 is 2.13 bits per heavy atom. The average molecular weight is 318 g/mol. The number of benzene rings is 1. The van der Waals surface area contributed by atoms with Gasteiger partial charge >= 0.3 is 11.9 Å². The van der Waals surface area contributed by atoms with E-state index >= 15 is 0 Å². The normalized spacial score (nSPS) is 10.1. The van der Waals surface area contributed by atoms with Gasteiger partial charge in [-0.3, -0.25) is 4.79 Å². The van der Waals surface area contributed by atoms with Crippen LogP contribution in [0, 0.1) is 0 Å². The molecule has 1 aromatic heterocycles. The molecule has 5 N–H and O–H groups in total. The van der Waals surface area contributed by atoms with E-state index < -0.39 is 40.5 Å². The maximum Gasteiger partial charge on any atom is 0.354 e. The summed E-state index contributed by atoms with van der Waals surface area (Å²) >= 11 is 0. The first-order valence-electron chi connectivity index (χ1n) is 6.09. The van der Waals surface area contributed by atoms with Gasteiger partial charge in [0, 0.05) is 0 Å². The molecule has 0 saturated heterocycles. The van der Waals surface area contributed by atoms with Crippen LogP contribution in [0.15, 0.2) is 30.5 Å². The molecule has 9 nitrogen and oxygen atoms in total. The van der Waals surface area contributed by atoms with Crippen LogP contribution in [-0.4, -0.2) is 43.3 Å². The highest BCUT2D eigenvalue weighted by Crippen LogP contribution is 2.28. The summed E-state index contributed by atoms with van der Waals surface area (Å²) in [5, 5.41) is 39.2. The van der Waals surface area contributed by atoms with Crippen LogP contribution in [0.3, 0.4) is 0 Å². The van der Waals surface area contributed by atoms with Crippen LogP contribution in [-0.2, 0) is 0 Å². The number of pyridine rings is 1. The SMILES string of the molecule is O=C(O)c1ccc(NC(=O)c2cc(O)cc(C(=O)O)c2O)cn1. The smallest absolute Gasteiger partial charge is 0.354 e. The number of carbonyl (C=O) groups excluding carboxylic acids is 1. The second-order valence-corrected chi connectivity index (χ2v) is 4.39. The van der Waals surface area contributed by atoms with E-state index in [9.17, 15) is 24.6 Å². The standard InChI is InChI=1S/C14H10N2O7/c17-7-3-8(11(18)9(4-7)13(20)21)12(19)16-6-1-2-10(14(22)23)15-5-6/h1-5,17-18H,(H,16,19)(H,20,21)(H,22,23). The number of anilines is 1. The van der Waals surface area contributed by atoms with Crippen molar-refractivity contribution in [2.75, 3.05) is 5.32 Å². The monoisotopic (exact) mass is 318 g/mol. The molecule has 9 heteroatoms. The first kappa shape index (κ1) is 15.8. The third-order valence-electron chi connectivity index (χ3n) is 2.81. The second kappa shape index (κ2) is 6.02. The van der Waals surface area contributed by atoms with E-state index in [4.69, 9.17) is 10.2 Å². The van der Waals surface area contributed by atoms with E-state index in [-0.39, 0.29) is 11.4 Å². The van der Waals surface area contributed by atoms with E-state index in [1.165, 1.54) is 6.07 Å². The van der Waals surface area contributed by atoms with E-state index in [1.807, 2.05) is 0 Å². The summed E-state index contributed by atoms with van der Waals surface area (Å²) in [4.78, 5) is 37.3. The molecule has 0 fully saturated rings. The molecule has 2 aromatic rings. The van der Waals surface area contributed by atoms with Crippen LogP contribution >= 0.6 is 0 Å². The maximum absolute atomic E-state index is 12.1. The van der Waals surface area contributed by atoms with Crippen molar-refractivity contribution in [1.82, 2.24) is 4.98 Å². The number of carbonyl (C=O) groups is 3. The quantitative estimate of drug-likeness (QED) is 0.525. The highest BCUT2D eigenvalue weighted by molar-refractivity contribution is 6.08. The molecule has 0 bridgehead atoms. The fourth-order valence-corrected chi connectivity index (χ4v) is 1.75. The number of phenols is 2. The van der Waals surface area contributed by atoms with Crippen molar-refractivity contribution in [2.45, 2.75) is 0 Å². The summed E-state index contributed by atoms with van der Waals surface area (Å²) in [6.07, 6.45) is 1.08. The van der Waals surface area contributed by atoms with Gasteiger partial charge in [-0.25, -0.2) is 14.6 Å². The molecule has 0 atom stereocenters. The Kier molecular flexibility index (Phi) is 4.12. The number of nitrogens with one attached hydrogen (secondary N) is 1. The van der Waals surface area contributed by atoms with Gasteiger partial charge in [-0.1, -0.05) is 0 Å². The third-order valence-corrected chi connectivity index (χ3v) is 2.81. The van der Waals surface area contributed by atoms with Crippen LogP contribution in [0.1, 0.15) is 31.2 Å². The van der Waals surface area contributed by atoms with Gasteiger partial charge in [-0.05, 0) is 24.3 Å². The first-order valence-corrected chi connectivity index (χ1v) is 6.09. The summed E-state index contributed by atoms with van der Waals surface area (Å²) in [5.74, 6) is -4.96. The van der Waals surface area contributed by atoms with Crippen molar-refractivity contribution < 1.29 is 34.8 Å². The Morgan fingerprint density at radius 2 is 1.61 bits per heavy atom. The molecular weight excluding hydrogens is 308 g/mol. The van der Waals surface area contributed by atoms with Crippen molar-refractivity contribution in [3.05, 3.63) is 47.3 Å². The van der Waals surface area contributed by atoms with Gasteiger partial charge in [0.2, 0.25) is 0 Å². The van der Waals surface area contributed by atoms with Gasteiger partial charge in [0.25, 0.3) is 5.91 Å². The summed E-state index contributed by atoms with van der Waals surface area (Å²) in [6, 6.07) is 4.13. The van der Waals surface area contributed by atoms with Crippen LogP contribution in [0.4, 0.5) is 5.69 Å². The molecule has 0 aliphatic carbocycles. The molecule has 0 aliphatic heterocycles. The fraction of sp³-hybridized carbons (Fsp3) is 0. The molecule has 1 amide bonds. The van der Waals surface area contributed by atoms with Gasteiger partial charge in [0.1, 0.15) is 22.8 Å². The number of amides is 1. The summed E-state index contributed by atoms with van der Waals surface area (Å²) in [5.41, 5.74) is -1.19. The topological polar surface area (TPSA) is 157 Å². The van der Waals surface area contributed by atoms with E-state index in [1.54, 1.807) is 0 Å². The summed E-state index contributed by atoms with van der Waals surface area (Å²) in [6.45, 7) is 0. The van der Waals surface area contributed by atoms with Crippen molar-refractivity contribution >= 4 is 23.5 Å². The molecule has 2 rings (SSSR count). The van der Waals surface area contributed by atoms with E-state index in [0.29, 0.717) is 0 Å². The Morgan fingerprint density at radius 1 is 0.957 bits per heavy atom. The number of carboxylic acids is 2. The minimum absolute atomic E-state index is 0.125. The number of aromatic nitrogens is 1. The summed E-state index contributed by atoms with van der Waals surface area (Å²) < 4.78 is 0. The average Bonchev–Trinajstić information content (AvgIpc) is 2.49. The highest BCUT2D eigenvalue weighted by Gasteiger charge is 2.20. The first-order chi connectivity index (χ1) is 10.8. The van der Waals surface area contributed by atoms with Gasteiger partial charge in [-0.2, -0.15) is 0 Å². The third kappa shape index (κ3) is 3.35. The fourth-order valence-electron chi connectivity index (χ4n) is 1.75. The second-order valence-electron chi connectivity index (χ2n) is 4.39. The molecule has 23 heavy (non-hydrogen) atoms. The number of hydrogen-bond donors (Lipinski definition) is 5. The predicted molar refractivity (Wildman–Crippen MR) is 75.9 cm³/mol. The predicted octanol–water partition coefficient (Wildman–Crippen LogP) is 1.14. The Hall–Kier alpha value is -3.62. The zero-order valence-electron chi connectivity index (χ0n) is 11.3. The number of carboxylic acid groups (broad SMARTS) is 2. The van der Waals surface area contributed by atoms with Crippen molar-refractivity contribution in [3.8, 4) is 11.5 Å². The zero-order valence-corrected chi connectivity index (χ0v) is 11.3.